The fraction of sp³-hybridized carbons (Fsp3) is 0.222. The Hall–Kier alpha value is -0.860. The second-order valence-electron chi connectivity index (χ2n) is 2.32. The van der Waals surface area contributed by atoms with Gasteiger partial charge in [0.1, 0.15) is 0 Å². The van der Waals surface area contributed by atoms with Crippen molar-refractivity contribution < 1.29 is 5.11 Å². The second kappa shape index (κ2) is 4.24. The summed E-state index contributed by atoms with van der Waals surface area (Å²) in [5.41, 5.74) is 1.52. The number of hydrogen-bond donors (Lipinski definition) is 1. The number of aliphatic hydroxyl groups excluding tert-OH is 1. The van der Waals surface area contributed by atoms with E-state index in [-0.39, 0.29) is 6.61 Å². The molecule has 1 aromatic carbocycles. The molecule has 0 saturated heterocycles. The molecule has 3 heteroatoms. The topological polar surface area (TPSA) is 32.6 Å². The number of nitrogens with zero attached hydrogens (tertiary/aromatic N) is 1. The predicted molar refractivity (Wildman–Crippen MR) is 51.2 cm³/mol. The van der Waals surface area contributed by atoms with Crippen LogP contribution in [0.1, 0.15) is 12.5 Å². The average Bonchev–Trinajstić information content (AvgIpc) is 2.05. The molecule has 0 aliphatic rings. The van der Waals surface area contributed by atoms with Gasteiger partial charge in [-0.2, -0.15) is 0 Å². The van der Waals surface area contributed by atoms with Crippen LogP contribution in [-0.4, -0.2) is 11.3 Å². The van der Waals surface area contributed by atoms with Crippen LogP contribution in [0.2, 0.25) is 5.02 Å². The maximum Gasteiger partial charge on any atom is 0.0702 e. The number of aliphatic imine (C=N–C) groups is 1. The van der Waals surface area contributed by atoms with Crippen LogP contribution < -0.4 is 0 Å². The highest BCUT2D eigenvalue weighted by Gasteiger charge is 1.99. The van der Waals surface area contributed by atoms with Crippen molar-refractivity contribution in [1.29, 1.82) is 0 Å². The average molecular weight is 184 g/mol. The third kappa shape index (κ3) is 2.06. The van der Waals surface area contributed by atoms with E-state index in [1.807, 2.05) is 6.92 Å². The Morgan fingerprint density at radius 1 is 1.58 bits per heavy atom. The van der Waals surface area contributed by atoms with Gasteiger partial charge in [0, 0.05) is 16.8 Å². The van der Waals surface area contributed by atoms with E-state index in [9.17, 15) is 0 Å². The summed E-state index contributed by atoms with van der Waals surface area (Å²) in [6.07, 6.45) is 1.67. The summed E-state index contributed by atoms with van der Waals surface area (Å²) in [5.74, 6) is 0. The zero-order valence-corrected chi connectivity index (χ0v) is 7.54. The lowest BCUT2D eigenvalue weighted by Crippen LogP contribution is -1.83. The van der Waals surface area contributed by atoms with Crippen LogP contribution in [0.5, 0.6) is 0 Å². The zero-order chi connectivity index (χ0) is 8.97. The molecule has 0 unspecified atom stereocenters. The summed E-state index contributed by atoms with van der Waals surface area (Å²) < 4.78 is 0. The lowest BCUT2D eigenvalue weighted by Gasteiger charge is -2.01. The van der Waals surface area contributed by atoms with E-state index in [0.29, 0.717) is 5.02 Å². The highest BCUT2D eigenvalue weighted by molar-refractivity contribution is 6.30. The van der Waals surface area contributed by atoms with Gasteiger partial charge < -0.3 is 5.11 Å². The normalized spacial score (nSPS) is 10.9. The molecule has 0 spiro atoms. The largest absolute Gasteiger partial charge is 0.392 e. The van der Waals surface area contributed by atoms with Crippen LogP contribution in [0.25, 0.3) is 0 Å². The monoisotopic (exact) mass is 183 g/mol. The van der Waals surface area contributed by atoms with Crippen molar-refractivity contribution in [1.82, 2.24) is 0 Å². The minimum atomic E-state index is -0.0101. The van der Waals surface area contributed by atoms with E-state index in [2.05, 4.69) is 4.99 Å². The number of rotatable bonds is 2. The van der Waals surface area contributed by atoms with E-state index in [1.54, 1.807) is 24.4 Å². The first-order valence-electron chi connectivity index (χ1n) is 3.66. The van der Waals surface area contributed by atoms with Crippen molar-refractivity contribution >= 4 is 23.5 Å². The molecule has 1 rings (SSSR count). The van der Waals surface area contributed by atoms with Gasteiger partial charge in [0.25, 0.3) is 0 Å². The fourth-order valence-electron chi connectivity index (χ4n) is 0.930. The van der Waals surface area contributed by atoms with E-state index in [1.165, 1.54) is 0 Å². The molecule has 0 heterocycles. The molecule has 64 valence electrons. The summed E-state index contributed by atoms with van der Waals surface area (Å²) in [7, 11) is 0. The summed E-state index contributed by atoms with van der Waals surface area (Å²) >= 11 is 5.75. The van der Waals surface area contributed by atoms with Gasteiger partial charge in [0.15, 0.2) is 0 Å². The van der Waals surface area contributed by atoms with Gasteiger partial charge in [-0.05, 0) is 19.1 Å². The molecule has 0 radical (unpaired) electrons. The number of hydrogen-bond acceptors (Lipinski definition) is 2. The number of benzene rings is 1. The van der Waals surface area contributed by atoms with Crippen molar-refractivity contribution in [3.05, 3.63) is 28.8 Å². The van der Waals surface area contributed by atoms with Gasteiger partial charge in [-0.25, -0.2) is 0 Å². The van der Waals surface area contributed by atoms with Crippen LogP contribution in [0, 0.1) is 0 Å². The van der Waals surface area contributed by atoms with Crippen molar-refractivity contribution in [2.24, 2.45) is 4.99 Å². The molecular formula is C9H10ClNO. The van der Waals surface area contributed by atoms with Crippen LogP contribution in [0.15, 0.2) is 23.2 Å². The molecule has 0 aliphatic heterocycles. The van der Waals surface area contributed by atoms with E-state index in [4.69, 9.17) is 16.7 Å². The van der Waals surface area contributed by atoms with Gasteiger partial charge in [-0.1, -0.05) is 17.7 Å². The molecule has 2 nitrogen and oxygen atoms in total. The highest BCUT2D eigenvalue weighted by atomic mass is 35.5. The smallest absolute Gasteiger partial charge is 0.0702 e. The summed E-state index contributed by atoms with van der Waals surface area (Å²) in [5, 5.41) is 9.55. The Morgan fingerprint density at radius 3 is 2.92 bits per heavy atom. The Kier molecular flexibility index (Phi) is 3.26. The molecule has 0 atom stereocenters. The SMILES string of the molecule is CC=Nc1cc(Cl)ccc1CO. The van der Waals surface area contributed by atoms with Gasteiger partial charge >= 0.3 is 0 Å². The van der Waals surface area contributed by atoms with Gasteiger partial charge in [0.05, 0.1) is 12.3 Å². The van der Waals surface area contributed by atoms with Crippen LogP contribution in [0.4, 0.5) is 5.69 Å². The van der Waals surface area contributed by atoms with Gasteiger partial charge in [-0.3, -0.25) is 4.99 Å². The second-order valence-corrected chi connectivity index (χ2v) is 2.75. The molecule has 0 aliphatic carbocycles. The summed E-state index contributed by atoms with van der Waals surface area (Å²) in [6.45, 7) is 1.81. The van der Waals surface area contributed by atoms with E-state index < -0.39 is 0 Å². The van der Waals surface area contributed by atoms with Crippen LogP contribution in [0.3, 0.4) is 0 Å². The fourth-order valence-corrected chi connectivity index (χ4v) is 1.10. The highest BCUT2D eigenvalue weighted by Crippen LogP contribution is 2.23. The first kappa shape index (κ1) is 9.23. The maximum absolute atomic E-state index is 8.92. The Balaban J connectivity index is 3.12. The van der Waals surface area contributed by atoms with Crippen molar-refractivity contribution in [2.75, 3.05) is 0 Å². The molecule has 0 bridgehead atoms. The van der Waals surface area contributed by atoms with Crippen molar-refractivity contribution in [3.8, 4) is 0 Å². The molecule has 1 aromatic rings. The first-order chi connectivity index (χ1) is 5.77. The Labute approximate surface area is 76.5 Å². The van der Waals surface area contributed by atoms with Gasteiger partial charge in [0.2, 0.25) is 0 Å². The Morgan fingerprint density at radius 2 is 2.33 bits per heavy atom. The van der Waals surface area contributed by atoms with Crippen molar-refractivity contribution in [3.63, 3.8) is 0 Å². The molecule has 0 saturated carbocycles. The number of aliphatic hydroxyl groups is 1. The molecule has 1 N–H and O–H groups in total. The minimum Gasteiger partial charge on any atom is -0.392 e. The van der Waals surface area contributed by atoms with Crippen LogP contribution in [-0.2, 0) is 6.61 Å². The third-order valence-electron chi connectivity index (χ3n) is 1.49. The van der Waals surface area contributed by atoms with Crippen molar-refractivity contribution in [2.45, 2.75) is 13.5 Å². The van der Waals surface area contributed by atoms with E-state index in [0.717, 1.165) is 11.3 Å². The van der Waals surface area contributed by atoms with E-state index >= 15 is 0 Å². The first-order valence-corrected chi connectivity index (χ1v) is 4.03. The standard InChI is InChI=1S/C9H10ClNO/c1-2-11-9-5-8(10)4-3-7(9)6-12/h2-5,12H,6H2,1H3. The molecule has 0 amide bonds. The lowest BCUT2D eigenvalue weighted by molar-refractivity contribution is 0.282. The number of halogens is 1. The minimum absolute atomic E-state index is 0.0101. The summed E-state index contributed by atoms with van der Waals surface area (Å²) in [4.78, 5) is 4.07. The molecule has 12 heavy (non-hydrogen) atoms. The molecule has 0 fully saturated rings. The van der Waals surface area contributed by atoms with Gasteiger partial charge in [-0.15, -0.1) is 0 Å². The molecule has 0 aromatic heterocycles. The quantitative estimate of drug-likeness (QED) is 0.703. The third-order valence-corrected chi connectivity index (χ3v) is 1.72. The predicted octanol–water partition coefficient (Wildman–Crippen LogP) is 2.55. The summed E-state index contributed by atoms with van der Waals surface area (Å²) in [6, 6.07) is 5.24. The lowest BCUT2D eigenvalue weighted by atomic mass is 10.2. The Bertz CT molecular complexity index is 297. The maximum atomic E-state index is 8.92. The van der Waals surface area contributed by atoms with Crippen LogP contribution >= 0.6 is 11.6 Å². The molecular weight excluding hydrogens is 174 g/mol. The zero-order valence-electron chi connectivity index (χ0n) is 6.79.